The van der Waals surface area contributed by atoms with Gasteiger partial charge in [-0.25, -0.2) is 0 Å². The summed E-state index contributed by atoms with van der Waals surface area (Å²) in [6.07, 6.45) is 0. The molecule has 7 nitrogen and oxygen atoms in total. The number of fused-ring (bicyclic) bond motifs is 3. The van der Waals surface area contributed by atoms with E-state index in [0.29, 0.717) is 28.0 Å². The predicted octanol–water partition coefficient (Wildman–Crippen LogP) is 3.97. The van der Waals surface area contributed by atoms with Crippen molar-refractivity contribution in [3.63, 3.8) is 0 Å². The van der Waals surface area contributed by atoms with Gasteiger partial charge in [0.25, 0.3) is 5.91 Å². The minimum atomic E-state index is -0.698. The van der Waals surface area contributed by atoms with Crippen LogP contribution in [0.3, 0.4) is 0 Å². The molecule has 1 N–H and O–H groups in total. The van der Waals surface area contributed by atoms with Crippen LogP contribution in [-0.4, -0.2) is 22.7 Å². The number of hydrogen-bond donors (Lipinski definition) is 1. The van der Waals surface area contributed by atoms with E-state index in [9.17, 15) is 14.7 Å². The Bertz CT molecular complexity index is 1460. The van der Waals surface area contributed by atoms with Gasteiger partial charge in [-0.15, -0.1) is 0 Å². The van der Waals surface area contributed by atoms with Gasteiger partial charge in [-0.2, -0.15) is 0 Å². The number of rotatable bonds is 3. The first-order chi connectivity index (χ1) is 15.6. The molecule has 1 aromatic heterocycles. The fraction of sp³-hybridized carbons (Fsp3) is 0.120. The number of nitrogens with zero attached hydrogens (tertiary/aromatic N) is 1. The highest BCUT2D eigenvalue weighted by Crippen LogP contribution is 2.41. The lowest BCUT2D eigenvalue weighted by Gasteiger charge is -2.25. The first-order valence-electron chi connectivity index (χ1n) is 10.1. The monoisotopic (exact) mass is 427 g/mol. The van der Waals surface area contributed by atoms with Crippen LogP contribution in [0.25, 0.3) is 11.0 Å². The Kier molecular flexibility index (Phi) is 3.98. The molecule has 0 saturated carbocycles. The zero-order valence-corrected chi connectivity index (χ0v) is 16.8. The number of carbonyl (C=O) groups is 1. The van der Waals surface area contributed by atoms with Gasteiger partial charge in [-0.3, -0.25) is 9.59 Å². The quantitative estimate of drug-likeness (QED) is 0.532. The molecular formula is C25H17NO6. The summed E-state index contributed by atoms with van der Waals surface area (Å²) in [5.41, 5.74) is 1.83. The van der Waals surface area contributed by atoms with Crippen LogP contribution < -0.4 is 14.9 Å². The molecule has 1 atom stereocenters. The Morgan fingerprint density at radius 3 is 2.66 bits per heavy atom. The fourth-order valence-electron chi connectivity index (χ4n) is 4.41. The fourth-order valence-corrected chi connectivity index (χ4v) is 4.41. The van der Waals surface area contributed by atoms with Crippen LogP contribution in [0.1, 0.15) is 33.3 Å². The van der Waals surface area contributed by atoms with Gasteiger partial charge in [-0.1, -0.05) is 30.3 Å². The summed E-state index contributed by atoms with van der Waals surface area (Å²) in [6, 6.07) is 18.2. The van der Waals surface area contributed by atoms with Crippen molar-refractivity contribution in [2.45, 2.75) is 12.6 Å². The highest BCUT2D eigenvalue weighted by atomic mass is 16.7. The molecule has 0 spiro atoms. The first kappa shape index (κ1) is 18.5. The molecule has 0 bridgehead atoms. The van der Waals surface area contributed by atoms with E-state index < -0.39 is 6.04 Å². The van der Waals surface area contributed by atoms with Crippen LogP contribution in [0.5, 0.6) is 17.2 Å². The van der Waals surface area contributed by atoms with Gasteiger partial charge in [0.15, 0.2) is 16.9 Å². The number of aromatic hydroxyl groups is 1. The lowest BCUT2D eigenvalue weighted by atomic mass is 9.98. The summed E-state index contributed by atoms with van der Waals surface area (Å²) in [5.74, 6) is 0.964. The second-order valence-corrected chi connectivity index (χ2v) is 7.79. The van der Waals surface area contributed by atoms with Crippen molar-refractivity contribution >= 4 is 16.9 Å². The van der Waals surface area contributed by atoms with Crippen LogP contribution in [0.4, 0.5) is 0 Å². The van der Waals surface area contributed by atoms with Crippen molar-refractivity contribution in [3.05, 3.63) is 99.4 Å². The number of benzene rings is 3. The Labute approximate surface area is 182 Å². The molecule has 4 aromatic rings. The van der Waals surface area contributed by atoms with Crippen molar-refractivity contribution in [1.29, 1.82) is 0 Å². The third-order valence-corrected chi connectivity index (χ3v) is 5.85. The average molecular weight is 427 g/mol. The van der Waals surface area contributed by atoms with Gasteiger partial charge >= 0.3 is 0 Å². The molecule has 0 radical (unpaired) electrons. The minimum absolute atomic E-state index is 0.0304. The molecule has 0 fully saturated rings. The van der Waals surface area contributed by atoms with Gasteiger partial charge in [0, 0.05) is 6.54 Å². The topological polar surface area (TPSA) is 89.2 Å². The maximum absolute atomic E-state index is 13.5. The Morgan fingerprint density at radius 1 is 0.938 bits per heavy atom. The maximum atomic E-state index is 13.5. The van der Waals surface area contributed by atoms with Crippen molar-refractivity contribution in [2.24, 2.45) is 0 Å². The second-order valence-electron chi connectivity index (χ2n) is 7.79. The van der Waals surface area contributed by atoms with E-state index in [1.807, 2.05) is 12.1 Å². The molecule has 3 aromatic carbocycles. The van der Waals surface area contributed by atoms with Crippen LogP contribution in [0.2, 0.25) is 0 Å². The molecule has 1 amide bonds. The number of para-hydroxylation sites is 1. The Morgan fingerprint density at radius 2 is 1.78 bits per heavy atom. The standard InChI is InChI=1S/C25H17NO6/c27-16-5-3-4-15(11-16)22-21-23(28)17-6-1-2-7-18(17)32-24(21)25(29)26(22)12-14-8-9-19-20(10-14)31-13-30-19/h1-11,22,27H,12-13H2/t22-/m0/s1. The third-order valence-electron chi connectivity index (χ3n) is 5.85. The number of hydrogen-bond acceptors (Lipinski definition) is 6. The highest BCUT2D eigenvalue weighted by molar-refractivity contribution is 5.99. The van der Waals surface area contributed by atoms with Gasteiger partial charge in [0.05, 0.1) is 17.0 Å². The van der Waals surface area contributed by atoms with E-state index >= 15 is 0 Å². The summed E-state index contributed by atoms with van der Waals surface area (Å²) >= 11 is 0. The van der Waals surface area contributed by atoms with E-state index in [1.165, 1.54) is 0 Å². The molecule has 158 valence electrons. The lowest BCUT2D eigenvalue weighted by molar-refractivity contribution is 0.0714. The number of ether oxygens (including phenoxy) is 2. The Balaban J connectivity index is 1.52. The van der Waals surface area contributed by atoms with E-state index in [1.54, 1.807) is 59.5 Å². The minimum Gasteiger partial charge on any atom is -0.508 e. The van der Waals surface area contributed by atoms with Crippen LogP contribution >= 0.6 is 0 Å². The summed E-state index contributed by atoms with van der Waals surface area (Å²) in [6.45, 7) is 0.375. The van der Waals surface area contributed by atoms with E-state index in [-0.39, 0.29) is 41.7 Å². The van der Waals surface area contributed by atoms with Crippen molar-refractivity contribution < 1.29 is 23.8 Å². The van der Waals surface area contributed by atoms with Crippen molar-refractivity contribution in [2.75, 3.05) is 6.79 Å². The summed E-state index contributed by atoms with van der Waals surface area (Å²) in [4.78, 5) is 28.5. The Hall–Kier alpha value is -4.26. The third kappa shape index (κ3) is 2.75. The van der Waals surface area contributed by atoms with Gasteiger partial charge < -0.3 is 23.9 Å². The number of phenols is 1. The molecule has 2 aliphatic heterocycles. The van der Waals surface area contributed by atoms with E-state index in [0.717, 1.165) is 5.56 Å². The number of carbonyl (C=O) groups excluding carboxylic acids is 1. The summed E-state index contributed by atoms with van der Waals surface area (Å²) < 4.78 is 16.8. The van der Waals surface area contributed by atoms with Gasteiger partial charge in [-0.05, 0) is 47.5 Å². The van der Waals surface area contributed by atoms with Gasteiger partial charge in [0.2, 0.25) is 12.6 Å². The van der Waals surface area contributed by atoms with Gasteiger partial charge in [0.1, 0.15) is 11.3 Å². The van der Waals surface area contributed by atoms with E-state index in [4.69, 9.17) is 13.9 Å². The molecule has 0 saturated heterocycles. The zero-order valence-electron chi connectivity index (χ0n) is 16.8. The average Bonchev–Trinajstić information content (AvgIpc) is 3.37. The van der Waals surface area contributed by atoms with Crippen LogP contribution in [0.15, 0.2) is 75.9 Å². The number of amides is 1. The SMILES string of the molecule is O=C1c2oc3ccccc3c(=O)c2[C@H](c2cccc(O)c2)N1Cc1ccc2c(c1)OCO2. The molecular weight excluding hydrogens is 410 g/mol. The summed E-state index contributed by atoms with van der Waals surface area (Å²) in [5, 5.41) is 10.5. The lowest BCUT2D eigenvalue weighted by Crippen LogP contribution is -2.29. The van der Waals surface area contributed by atoms with Crippen LogP contribution in [0, 0.1) is 0 Å². The second kappa shape index (κ2) is 6.88. The molecule has 0 unspecified atom stereocenters. The molecule has 6 rings (SSSR count). The number of phenolic OH excluding ortho intramolecular Hbond substituents is 1. The molecule has 7 heteroatoms. The highest BCUT2D eigenvalue weighted by Gasteiger charge is 2.42. The largest absolute Gasteiger partial charge is 0.508 e. The molecule has 32 heavy (non-hydrogen) atoms. The molecule has 0 aliphatic carbocycles. The first-order valence-corrected chi connectivity index (χ1v) is 10.1. The molecule has 3 heterocycles. The van der Waals surface area contributed by atoms with Crippen LogP contribution in [-0.2, 0) is 6.54 Å². The predicted molar refractivity (Wildman–Crippen MR) is 115 cm³/mol. The van der Waals surface area contributed by atoms with Crippen molar-refractivity contribution in [3.8, 4) is 17.2 Å². The zero-order chi connectivity index (χ0) is 21.8. The smallest absolute Gasteiger partial charge is 0.291 e. The van der Waals surface area contributed by atoms with E-state index in [2.05, 4.69) is 0 Å². The maximum Gasteiger partial charge on any atom is 0.291 e. The van der Waals surface area contributed by atoms with Crippen molar-refractivity contribution in [1.82, 2.24) is 4.90 Å². The normalized spacial score (nSPS) is 16.6. The molecule has 2 aliphatic rings. The summed E-state index contributed by atoms with van der Waals surface area (Å²) in [7, 11) is 0.